The van der Waals surface area contributed by atoms with Crippen LogP contribution in [-0.4, -0.2) is 84.1 Å². The number of aromatic nitrogens is 1. The number of rotatable bonds is 6. The lowest BCUT2D eigenvalue weighted by Gasteiger charge is -2.45. The summed E-state index contributed by atoms with van der Waals surface area (Å²) in [6.07, 6.45) is 9.00. The Labute approximate surface area is 181 Å². The summed E-state index contributed by atoms with van der Waals surface area (Å²) in [7, 11) is 0. The second kappa shape index (κ2) is 10.7. The molecule has 4 rings (SSSR count). The molecule has 0 aromatic carbocycles. The van der Waals surface area contributed by atoms with Crippen LogP contribution in [0.5, 0.6) is 0 Å². The van der Waals surface area contributed by atoms with E-state index in [1.807, 2.05) is 18.5 Å². The second-order valence-electron chi connectivity index (χ2n) is 9.46. The van der Waals surface area contributed by atoms with Crippen molar-refractivity contribution in [2.45, 2.75) is 51.6 Å². The first-order valence-electron chi connectivity index (χ1n) is 11.9. The fourth-order valence-corrected chi connectivity index (χ4v) is 5.39. The molecular formula is C24H38N4O2. The summed E-state index contributed by atoms with van der Waals surface area (Å²) in [6.45, 7) is 11.1. The Bertz CT molecular complexity index is 656. The molecule has 2 atom stereocenters. The molecule has 0 saturated carbocycles. The minimum absolute atomic E-state index is 0.368. The number of amides is 1. The maximum Gasteiger partial charge on any atom is 0.222 e. The van der Waals surface area contributed by atoms with Crippen molar-refractivity contribution in [2.75, 3.05) is 52.5 Å². The second-order valence-corrected chi connectivity index (χ2v) is 9.46. The Hall–Kier alpha value is -1.50. The van der Waals surface area contributed by atoms with Crippen LogP contribution in [0.25, 0.3) is 0 Å². The van der Waals surface area contributed by atoms with Crippen molar-refractivity contribution in [1.82, 2.24) is 19.7 Å². The summed E-state index contributed by atoms with van der Waals surface area (Å²) in [6, 6.07) is 4.76. The standard InChI is InChI=1S/C24H38N4O2/c1-20-6-11-28(12-7-20)24(29)5-4-22-19-26(18-21-3-2-9-25-17-21)10-8-23(22)27-13-15-30-16-14-27/h2-3,9,17,20,22-23H,4-8,10-16,18-19H2,1H3/t22-,23+/m0/s1. The molecule has 0 unspecified atom stereocenters. The Morgan fingerprint density at radius 3 is 2.67 bits per heavy atom. The van der Waals surface area contributed by atoms with Crippen molar-refractivity contribution in [3.63, 3.8) is 0 Å². The number of hydrogen-bond donors (Lipinski definition) is 0. The van der Waals surface area contributed by atoms with E-state index in [0.29, 0.717) is 24.3 Å². The van der Waals surface area contributed by atoms with Gasteiger partial charge < -0.3 is 9.64 Å². The average molecular weight is 415 g/mol. The summed E-state index contributed by atoms with van der Waals surface area (Å²) < 4.78 is 5.59. The summed E-state index contributed by atoms with van der Waals surface area (Å²) in [5.41, 5.74) is 1.28. The quantitative estimate of drug-likeness (QED) is 0.716. The number of likely N-dealkylation sites (tertiary alicyclic amines) is 2. The zero-order valence-corrected chi connectivity index (χ0v) is 18.5. The minimum Gasteiger partial charge on any atom is -0.379 e. The zero-order chi connectivity index (χ0) is 20.8. The molecule has 3 aliphatic rings. The van der Waals surface area contributed by atoms with Crippen molar-refractivity contribution in [1.29, 1.82) is 0 Å². The zero-order valence-electron chi connectivity index (χ0n) is 18.5. The molecule has 3 aliphatic heterocycles. The Morgan fingerprint density at radius 1 is 1.13 bits per heavy atom. The normalized spacial score (nSPS) is 27.3. The van der Waals surface area contributed by atoms with E-state index in [0.717, 1.165) is 84.2 Å². The number of carbonyl (C=O) groups excluding carboxylic acids is 1. The highest BCUT2D eigenvalue weighted by Crippen LogP contribution is 2.28. The van der Waals surface area contributed by atoms with Gasteiger partial charge in [0, 0.05) is 64.1 Å². The molecule has 3 saturated heterocycles. The van der Waals surface area contributed by atoms with E-state index in [2.05, 4.69) is 32.7 Å². The van der Waals surface area contributed by atoms with Crippen LogP contribution in [-0.2, 0) is 16.1 Å². The number of piperidine rings is 2. The molecule has 30 heavy (non-hydrogen) atoms. The largest absolute Gasteiger partial charge is 0.379 e. The average Bonchev–Trinajstić information content (AvgIpc) is 2.79. The number of carbonyl (C=O) groups is 1. The number of ether oxygens (including phenoxy) is 1. The van der Waals surface area contributed by atoms with Gasteiger partial charge in [0.1, 0.15) is 0 Å². The Balaban J connectivity index is 1.36. The van der Waals surface area contributed by atoms with Gasteiger partial charge in [-0.3, -0.25) is 19.6 Å². The molecule has 0 bridgehead atoms. The van der Waals surface area contributed by atoms with Crippen molar-refractivity contribution in [3.8, 4) is 0 Å². The van der Waals surface area contributed by atoms with Crippen LogP contribution in [0, 0.1) is 11.8 Å². The van der Waals surface area contributed by atoms with E-state index in [-0.39, 0.29) is 0 Å². The van der Waals surface area contributed by atoms with Gasteiger partial charge in [-0.1, -0.05) is 13.0 Å². The third kappa shape index (κ3) is 5.80. The van der Waals surface area contributed by atoms with Gasteiger partial charge in [0.05, 0.1) is 13.2 Å². The maximum atomic E-state index is 12.9. The van der Waals surface area contributed by atoms with Crippen molar-refractivity contribution < 1.29 is 9.53 Å². The molecule has 3 fully saturated rings. The van der Waals surface area contributed by atoms with Crippen LogP contribution in [0.3, 0.4) is 0 Å². The maximum absolute atomic E-state index is 12.9. The SMILES string of the molecule is CC1CCN(C(=O)CC[C@H]2CN(Cc3cccnc3)CC[C@H]2N2CCOCC2)CC1. The monoisotopic (exact) mass is 414 g/mol. The predicted octanol–water partition coefficient (Wildman–Crippen LogP) is 2.64. The van der Waals surface area contributed by atoms with Gasteiger partial charge in [0.25, 0.3) is 0 Å². The third-order valence-corrected chi connectivity index (χ3v) is 7.29. The summed E-state index contributed by atoms with van der Waals surface area (Å²) in [5, 5.41) is 0. The predicted molar refractivity (Wildman–Crippen MR) is 118 cm³/mol. The number of morpholine rings is 1. The van der Waals surface area contributed by atoms with Crippen LogP contribution in [0.1, 0.15) is 44.6 Å². The van der Waals surface area contributed by atoms with E-state index >= 15 is 0 Å². The molecule has 4 heterocycles. The lowest BCUT2D eigenvalue weighted by molar-refractivity contribution is -0.133. The van der Waals surface area contributed by atoms with Gasteiger partial charge >= 0.3 is 0 Å². The molecular weight excluding hydrogens is 376 g/mol. The lowest BCUT2D eigenvalue weighted by atomic mass is 9.86. The first-order chi connectivity index (χ1) is 14.7. The number of nitrogens with zero attached hydrogens (tertiary/aromatic N) is 4. The molecule has 0 radical (unpaired) electrons. The molecule has 0 N–H and O–H groups in total. The molecule has 6 heteroatoms. The molecule has 1 aromatic rings. The number of hydrogen-bond acceptors (Lipinski definition) is 5. The summed E-state index contributed by atoms with van der Waals surface area (Å²) in [5.74, 6) is 1.67. The molecule has 6 nitrogen and oxygen atoms in total. The van der Waals surface area contributed by atoms with Crippen LogP contribution in [0.15, 0.2) is 24.5 Å². The first kappa shape index (κ1) is 21.7. The molecule has 0 spiro atoms. The van der Waals surface area contributed by atoms with Crippen molar-refractivity contribution in [2.24, 2.45) is 11.8 Å². The number of pyridine rings is 1. The van der Waals surface area contributed by atoms with E-state index in [1.54, 1.807) is 0 Å². The van der Waals surface area contributed by atoms with Gasteiger partial charge in [-0.2, -0.15) is 0 Å². The highest BCUT2D eigenvalue weighted by Gasteiger charge is 2.34. The Kier molecular flexibility index (Phi) is 7.74. The van der Waals surface area contributed by atoms with E-state index in [4.69, 9.17) is 4.74 Å². The van der Waals surface area contributed by atoms with Crippen molar-refractivity contribution >= 4 is 5.91 Å². The highest BCUT2D eigenvalue weighted by atomic mass is 16.5. The fourth-order valence-electron chi connectivity index (χ4n) is 5.39. The van der Waals surface area contributed by atoms with E-state index < -0.39 is 0 Å². The minimum atomic E-state index is 0.368. The van der Waals surface area contributed by atoms with Crippen LogP contribution in [0.4, 0.5) is 0 Å². The van der Waals surface area contributed by atoms with Gasteiger partial charge in [-0.15, -0.1) is 0 Å². The first-order valence-corrected chi connectivity index (χ1v) is 11.9. The summed E-state index contributed by atoms with van der Waals surface area (Å²) in [4.78, 5) is 24.4. The topological polar surface area (TPSA) is 48.9 Å². The van der Waals surface area contributed by atoms with E-state index in [1.165, 1.54) is 12.0 Å². The molecule has 0 aliphatic carbocycles. The molecule has 1 aromatic heterocycles. The van der Waals surface area contributed by atoms with Gasteiger partial charge in [0.15, 0.2) is 0 Å². The van der Waals surface area contributed by atoms with Crippen LogP contribution in [0.2, 0.25) is 0 Å². The van der Waals surface area contributed by atoms with Gasteiger partial charge in [0.2, 0.25) is 5.91 Å². The third-order valence-electron chi connectivity index (χ3n) is 7.29. The highest BCUT2D eigenvalue weighted by molar-refractivity contribution is 5.76. The van der Waals surface area contributed by atoms with Crippen LogP contribution < -0.4 is 0 Å². The lowest BCUT2D eigenvalue weighted by Crippen LogP contribution is -2.54. The Morgan fingerprint density at radius 2 is 1.93 bits per heavy atom. The fraction of sp³-hybridized carbons (Fsp3) is 0.750. The molecule has 166 valence electrons. The smallest absolute Gasteiger partial charge is 0.222 e. The van der Waals surface area contributed by atoms with Gasteiger partial charge in [-0.05, 0) is 55.7 Å². The summed E-state index contributed by atoms with van der Waals surface area (Å²) >= 11 is 0. The van der Waals surface area contributed by atoms with E-state index in [9.17, 15) is 4.79 Å². The van der Waals surface area contributed by atoms with Crippen LogP contribution >= 0.6 is 0 Å². The van der Waals surface area contributed by atoms with Crippen molar-refractivity contribution in [3.05, 3.63) is 30.1 Å². The van der Waals surface area contributed by atoms with Gasteiger partial charge in [-0.25, -0.2) is 0 Å². The molecule has 1 amide bonds.